The highest BCUT2D eigenvalue weighted by Gasteiger charge is 2.25. The summed E-state index contributed by atoms with van der Waals surface area (Å²) in [6, 6.07) is 10.4. The zero-order valence-electron chi connectivity index (χ0n) is 15.2. The number of nitrogens with one attached hydrogen (secondary N) is 1. The Balaban J connectivity index is 1.77. The van der Waals surface area contributed by atoms with Crippen molar-refractivity contribution >= 4 is 5.91 Å². The Morgan fingerprint density at radius 3 is 2.72 bits per heavy atom. The van der Waals surface area contributed by atoms with E-state index in [9.17, 15) is 4.79 Å². The van der Waals surface area contributed by atoms with Gasteiger partial charge in [-0.2, -0.15) is 5.10 Å². The van der Waals surface area contributed by atoms with Crippen molar-refractivity contribution in [3.63, 3.8) is 0 Å². The normalized spacial score (nSPS) is 15.6. The van der Waals surface area contributed by atoms with E-state index in [2.05, 4.69) is 22.5 Å². The average Bonchev–Trinajstić information content (AvgIpc) is 3.14. The SMILES string of the molecule is COc1c(CN[C@H](CN2CCCC2=O)c2ccccc2)c(C)nn1C. The highest BCUT2D eigenvalue weighted by atomic mass is 16.5. The van der Waals surface area contributed by atoms with Gasteiger partial charge < -0.3 is 15.0 Å². The van der Waals surface area contributed by atoms with Crippen molar-refractivity contribution < 1.29 is 9.53 Å². The van der Waals surface area contributed by atoms with Gasteiger partial charge in [-0.15, -0.1) is 0 Å². The summed E-state index contributed by atoms with van der Waals surface area (Å²) in [6.07, 6.45) is 1.62. The topological polar surface area (TPSA) is 59.4 Å². The van der Waals surface area contributed by atoms with Crippen LogP contribution in [0.2, 0.25) is 0 Å². The third kappa shape index (κ3) is 3.85. The van der Waals surface area contributed by atoms with Gasteiger partial charge in [0, 0.05) is 33.1 Å². The zero-order valence-corrected chi connectivity index (χ0v) is 15.2. The number of methoxy groups -OCH3 is 1. The van der Waals surface area contributed by atoms with E-state index in [1.165, 1.54) is 5.56 Å². The first-order valence-corrected chi connectivity index (χ1v) is 8.72. The largest absolute Gasteiger partial charge is 0.481 e. The quantitative estimate of drug-likeness (QED) is 0.838. The molecule has 1 amide bonds. The molecule has 1 aliphatic heterocycles. The first-order chi connectivity index (χ1) is 12.1. The molecule has 1 N–H and O–H groups in total. The van der Waals surface area contributed by atoms with Gasteiger partial charge in [0.15, 0.2) is 0 Å². The molecule has 0 aliphatic carbocycles. The molecule has 2 aromatic rings. The lowest BCUT2D eigenvalue weighted by atomic mass is 10.1. The first-order valence-electron chi connectivity index (χ1n) is 8.72. The molecule has 0 spiro atoms. The molecule has 1 aromatic carbocycles. The van der Waals surface area contributed by atoms with E-state index >= 15 is 0 Å². The predicted molar refractivity (Wildman–Crippen MR) is 96.3 cm³/mol. The van der Waals surface area contributed by atoms with Crippen LogP contribution in [0.3, 0.4) is 0 Å². The molecule has 0 saturated carbocycles. The van der Waals surface area contributed by atoms with Crippen molar-refractivity contribution in [2.75, 3.05) is 20.2 Å². The lowest BCUT2D eigenvalue weighted by Gasteiger charge is -2.25. The van der Waals surface area contributed by atoms with E-state index in [-0.39, 0.29) is 11.9 Å². The van der Waals surface area contributed by atoms with E-state index in [0.29, 0.717) is 19.5 Å². The molecular weight excluding hydrogens is 316 g/mol. The molecule has 1 saturated heterocycles. The zero-order chi connectivity index (χ0) is 17.8. The number of rotatable bonds is 7. The van der Waals surface area contributed by atoms with Crippen LogP contribution in [-0.2, 0) is 18.4 Å². The maximum atomic E-state index is 12.0. The van der Waals surface area contributed by atoms with Gasteiger partial charge in [-0.1, -0.05) is 30.3 Å². The Hall–Kier alpha value is -2.34. The Morgan fingerprint density at radius 1 is 1.32 bits per heavy atom. The molecule has 6 heteroatoms. The van der Waals surface area contributed by atoms with Crippen LogP contribution in [0.4, 0.5) is 0 Å². The standard InChI is InChI=1S/C19H26N4O2/c1-14-16(19(25-3)22(2)21-14)12-20-17(15-8-5-4-6-9-15)13-23-11-7-10-18(23)24/h4-6,8-9,17,20H,7,10-13H2,1-3H3/t17-/m1/s1. The predicted octanol–water partition coefficient (Wildman–Crippen LogP) is 2.19. The average molecular weight is 342 g/mol. The Kier molecular flexibility index (Phi) is 5.38. The van der Waals surface area contributed by atoms with E-state index < -0.39 is 0 Å². The minimum atomic E-state index is 0.0764. The summed E-state index contributed by atoms with van der Waals surface area (Å²) in [5.41, 5.74) is 3.19. The van der Waals surface area contributed by atoms with Gasteiger partial charge in [0.1, 0.15) is 0 Å². The molecule has 3 rings (SSSR count). The van der Waals surface area contributed by atoms with E-state index in [1.807, 2.05) is 37.1 Å². The van der Waals surface area contributed by atoms with Crippen LogP contribution in [0.5, 0.6) is 5.88 Å². The molecule has 1 atom stereocenters. The summed E-state index contributed by atoms with van der Waals surface area (Å²) in [5, 5.41) is 8.04. The number of aryl methyl sites for hydroxylation is 2. The maximum Gasteiger partial charge on any atom is 0.222 e. The van der Waals surface area contributed by atoms with Crippen molar-refractivity contribution in [2.24, 2.45) is 7.05 Å². The number of benzene rings is 1. The molecule has 1 fully saturated rings. The minimum Gasteiger partial charge on any atom is -0.481 e. The fraction of sp³-hybridized carbons (Fsp3) is 0.474. The maximum absolute atomic E-state index is 12.0. The summed E-state index contributed by atoms with van der Waals surface area (Å²) in [4.78, 5) is 14.0. The third-order valence-electron chi connectivity index (χ3n) is 4.78. The molecular formula is C19H26N4O2. The van der Waals surface area contributed by atoms with Gasteiger partial charge in [0.25, 0.3) is 0 Å². The van der Waals surface area contributed by atoms with Crippen molar-refractivity contribution in [1.82, 2.24) is 20.0 Å². The lowest BCUT2D eigenvalue weighted by Crippen LogP contribution is -2.35. The van der Waals surface area contributed by atoms with Crippen molar-refractivity contribution in [1.29, 1.82) is 0 Å². The van der Waals surface area contributed by atoms with Gasteiger partial charge in [-0.05, 0) is 18.9 Å². The van der Waals surface area contributed by atoms with Gasteiger partial charge >= 0.3 is 0 Å². The van der Waals surface area contributed by atoms with Gasteiger partial charge in [0.05, 0.1) is 24.4 Å². The van der Waals surface area contributed by atoms with E-state index in [0.717, 1.165) is 30.1 Å². The number of aromatic nitrogens is 2. The second kappa shape index (κ2) is 7.70. The second-order valence-electron chi connectivity index (χ2n) is 6.48. The molecule has 0 unspecified atom stereocenters. The first kappa shape index (κ1) is 17.5. The molecule has 1 aromatic heterocycles. The molecule has 134 valence electrons. The molecule has 0 radical (unpaired) electrons. The summed E-state index contributed by atoms with van der Waals surface area (Å²) in [7, 11) is 3.55. The third-order valence-corrected chi connectivity index (χ3v) is 4.78. The van der Waals surface area contributed by atoms with Crippen LogP contribution >= 0.6 is 0 Å². The fourth-order valence-corrected chi connectivity index (χ4v) is 3.46. The summed E-state index contributed by atoms with van der Waals surface area (Å²) in [6.45, 7) is 4.16. The number of hydrogen-bond acceptors (Lipinski definition) is 4. The smallest absolute Gasteiger partial charge is 0.222 e. The highest BCUT2D eigenvalue weighted by Crippen LogP contribution is 2.23. The molecule has 0 bridgehead atoms. The van der Waals surface area contributed by atoms with E-state index in [1.54, 1.807) is 11.8 Å². The van der Waals surface area contributed by atoms with Crippen LogP contribution in [0.1, 0.15) is 35.7 Å². The summed E-state index contributed by atoms with van der Waals surface area (Å²) >= 11 is 0. The molecule has 25 heavy (non-hydrogen) atoms. The van der Waals surface area contributed by atoms with Crippen LogP contribution in [0.15, 0.2) is 30.3 Å². The minimum absolute atomic E-state index is 0.0764. The van der Waals surface area contributed by atoms with Crippen molar-refractivity contribution in [2.45, 2.75) is 32.4 Å². The van der Waals surface area contributed by atoms with Crippen LogP contribution in [0.25, 0.3) is 0 Å². The Morgan fingerprint density at radius 2 is 2.08 bits per heavy atom. The van der Waals surface area contributed by atoms with Gasteiger partial charge in [0.2, 0.25) is 11.8 Å². The summed E-state index contributed by atoms with van der Waals surface area (Å²) < 4.78 is 7.24. The number of carbonyl (C=O) groups is 1. The number of likely N-dealkylation sites (tertiary alicyclic amines) is 1. The van der Waals surface area contributed by atoms with E-state index in [4.69, 9.17) is 4.74 Å². The van der Waals surface area contributed by atoms with Crippen molar-refractivity contribution in [3.8, 4) is 5.88 Å². The molecule has 1 aliphatic rings. The number of nitrogens with zero attached hydrogens (tertiary/aromatic N) is 3. The highest BCUT2D eigenvalue weighted by molar-refractivity contribution is 5.78. The number of amides is 1. The second-order valence-corrected chi connectivity index (χ2v) is 6.48. The summed E-state index contributed by atoms with van der Waals surface area (Å²) in [5.74, 6) is 1.02. The number of ether oxygens (including phenoxy) is 1. The van der Waals surface area contributed by atoms with Gasteiger partial charge in [-0.3, -0.25) is 4.79 Å². The van der Waals surface area contributed by atoms with Crippen molar-refractivity contribution in [3.05, 3.63) is 47.2 Å². The Labute approximate surface area is 148 Å². The molecule has 2 heterocycles. The lowest BCUT2D eigenvalue weighted by molar-refractivity contribution is -0.128. The monoisotopic (exact) mass is 342 g/mol. The molecule has 6 nitrogen and oxygen atoms in total. The van der Waals surface area contributed by atoms with Gasteiger partial charge in [-0.25, -0.2) is 4.68 Å². The van der Waals surface area contributed by atoms with Crippen LogP contribution in [-0.4, -0.2) is 40.8 Å². The number of hydrogen-bond donors (Lipinski definition) is 1. The fourth-order valence-electron chi connectivity index (χ4n) is 3.46. The van der Waals surface area contributed by atoms with Crippen LogP contribution < -0.4 is 10.1 Å². The number of carbonyl (C=O) groups excluding carboxylic acids is 1. The Bertz CT molecular complexity index is 727. The van der Waals surface area contributed by atoms with Crippen LogP contribution in [0, 0.1) is 6.92 Å².